The van der Waals surface area contributed by atoms with Crippen LogP contribution in [0.15, 0.2) is 34.9 Å². The third-order valence-electron chi connectivity index (χ3n) is 8.11. The lowest BCUT2D eigenvalue weighted by molar-refractivity contribution is -0.167. The first-order valence-corrected chi connectivity index (χ1v) is 14.4. The van der Waals surface area contributed by atoms with E-state index >= 15 is 0 Å². The van der Waals surface area contributed by atoms with Crippen molar-refractivity contribution in [1.82, 2.24) is 15.1 Å². The van der Waals surface area contributed by atoms with Crippen LogP contribution in [-0.4, -0.2) is 89.7 Å². The minimum absolute atomic E-state index is 0.00605. The third-order valence-corrected chi connectivity index (χ3v) is 9.62. The number of β-lactam (4-membered cyclic amide) rings is 1. The molecule has 1 aromatic rings. The van der Waals surface area contributed by atoms with E-state index in [2.05, 4.69) is 5.32 Å². The van der Waals surface area contributed by atoms with E-state index in [1.165, 1.54) is 16.7 Å². The summed E-state index contributed by atoms with van der Waals surface area (Å²) in [4.78, 5) is 54.6. The van der Waals surface area contributed by atoms with Crippen LogP contribution in [0.25, 0.3) is 0 Å². The predicted molar refractivity (Wildman–Crippen MR) is 145 cm³/mol. The number of esters is 1. The standard InChI is InChI=1S/C28H35N3O8S/c1-14-22-21(15(2)32)26(34)31(22)23(24(14)40-17-11-19(29-12-17)25(33)30(3)4)27(35)37-13-38-28(36)39-20-10-9-16-7-5-6-8-18(16)20/h5-8,14-15,17,19-22,29,32H,9-13H2,1-4H3/t14-,15-,17+,19+,20-,21-,22-/m1/s1. The molecule has 4 aliphatic rings. The van der Waals surface area contributed by atoms with Gasteiger partial charge in [-0.1, -0.05) is 31.2 Å². The Labute approximate surface area is 237 Å². The Morgan fingerprint density at radius 1 is 1.23 bits per heavy atom. The van der Waals surface area contributed by atoms with Crippen LogP contribution in [0, 0.1) is 11.8 Å². The molecule has 0 saturated carbocycles. The van der Waals surface area contributed by atoms with E-state index in [-0.39, 0.29) is 40.8 Å². The molecule has 0 bridgehead atoms. The molecular weight excluding hydrogens is 538 g/mol. The molecule has 5 rings (SSSR count). The number of carbonyl (C=O) groups is 4. The van der Waals surface area contributed by atoms with E-state index in [4.69, 9.17) is 14.2 Å². The topological polar surface area (TPSA) is 135 Å². The number of nitrogens with one attached hydrogen (secondary N) is 1. The molecule has 11 nitrogen and oxygen atoms in total. The number of aliphatic hydroxyl groups excluding tert-OH is 1. The number of nitrogens with zero attached hydrogens (tertiary/aromatic N) is 2. The molecule has 1 aliphatic carbocycles. The van der Waals surface area contributed by atoms with Gasteiger partial charge in [0.2, 0.25) is 18.6 Å². The third kappa shape index (κ3) is 5.19. The van der Waals surface area contributed by atoms with Gasteiger partial charge in [-0.3, -0.25) is 9.59 Å². The summed E-state index contributed by atoms with van der Waals surface area (Å²) in [7, 11) is 3.41. The van der Waals surface area contributed by atoms with Crippen molar-refractivity contribution in [2.75, 3.05) is 27.4 Å². The van der Waals surface area contributed by atoms with Crippen LogP contribution < -0.4 is 5.32 Å². The van der Waals surface area contributed by atoms with Crippen molar-refractivity contribution in [3.63, 3.8) is 0 Å². The van der Waals surface area contributed by atoms with Crippen molar-refractivity contribution in [2.24, 2.45) is 11.8 Å². The molecular formula is C28H35N3O8S. The van der Waals surface area contributed by atoms with Gasteiger partial charge in [-0.15, -0.1) is 11.8 Å². The molecule has 0 unspecified atom stereocenters. The Morgan fingerprint density at radius 3 is 2.70 bits per heavy atom. The highest BCUT2D eigenvalue weighted by atomic mass is 32.2. The fraction of sp³-hybridized carbons (Fsp3) is 0.571. The van der Waals surface area contributed by atoms with Crippen LogP contribution in [0.1, 0.15) is 43.9 Å². The zero-order valence-corrected chi connectivity index (χ0v) is 23.8. The number of carbonyl (C=O) groups excluding carboxylic acids is 4. The van der Waals surface area contributed by atoms with Crippen molar-refractivity contribution in [3.8, 4) is 0 Å². The van der Waals surface area contributed by atoms with Crippen molar-refractivity contribution in [2.45, 2.75) is 62.7 Å². The first-order chi connectivity index (χ1) is 19.1. The maximum Gasteiger partial charge on any atom is 0.511 e. The first kappa shape index (κ1) is 28.4. The van der Waals surface area contributed by atoms with Crippen molar-refractivity contribution in [3.05, 3.63) is 46.0 Å². The Bertz CT molecular complexity index is 1230. The summed E-state index contributed by atoms with van der Waals surface area (Å²) in [5, 5.41) is 13.4. The number of benzene rings is 1. The van der Waals surface area contributed by atoms with Gasteiger partial charge in [0.05, 0.1) is 24.1 Å². The zero-order valence-electron chi connectivity index (χ0n) is 23.0. The number of hydrogen-bond acceptors (Lipinski definition) is 10. The summed E-state index contributed by atoms with van der Waals surface area (Å²) >= 11 is 1.45. The molecule has 40 heavy (non-hydrogen) atoms. The number of thioether (sulfide) groups is 1. The highest BCUT2D eigenvalue weighted by Crippen LogP contribution is 2.52. The van der Waals surface area contributed by atoms with Gasteiger partial charge in [-0.25, -0.2) is 9.59 Å². The van der Waals surface area contributed by atoms with Crippen LogP contribution in [0.5, 0.6) is 0 Å². The molecule has 0 aromatic heterocycles. The summed E-state index contributed by atoms with van der Waals surface area (Å²) < 4.78 is 15.8. The highest BCUT2D eigenvalue weighted by Gasteiger charge is 2.60. The normalized spacial score (nSPS) is 29.4. The lowest BCUT2D eigenvalue weighted by Gasteiger charge is -2.46. The Kier molecular flexibility index (Phi) is 8.12. The van der Waals surface area contributed by atoms with Gasteiger partial charge < -0.3 is 34.4 Å². The van der Waals surface area contributed by atoms with Crippen molar-refractivity contribution >= 4 is 35.7 Å². The number of likely N-dealkylation sites (N-methyl/N-ethyl adjacent to an activating group) is 1. The highest BCUT2D eigenvalue weighted by molar-refractivity contribution is 8.03. The SMILES string of the molecule is C[C@@H](O)[C@H]1C(=O)N2C(C(=O)OCOC(=O)O[C@@H]3CCc4ccccc43)=C(S[C@@H]3CN[C@H](C(=O)N(C)C)C3)[C@H](C)[C@H]12. The van der Waals surface area contributed by atoms with Gasteiger partial charge in [0.25, 0.3) is 0 Å². The minimum Gasteiger partial charge on any atom is -0.426 e. The van der Waals surface area contributed by atoms with E-state index < -0.39 is 37.0 Å². The molecule has 12 heteroatoms. The Hall–Kier alpha value is -3.09. The second kappa shape index (κ2) is 11.4. The second-order valence-corrected chi connectivity index (χ2v) is 12.3. The molecule has 2 fully saturated rings. The number of ether oxygens (including phenoxy) is 3. The fourth-order valence-electron chi connectivity index (χ4n) is 6.13. The zero-order chi connectivity index (χ0) is 28.7. The van der Waals surface area contributed by atoms with E-state index in [0.717, 1.165) is 17.5 Å². The molecule has 0 spiro atoms. The molecule has 1 aromatic carbocycles. The van der Waals surface area contributed by atoms with Gasteiger partial charge in [0.1, 0.15) is 11.8 Å². The molecule has 2 saturated heterocycles. The number of amides is 2. The quantitative estimate of drug-likeness (QED) is 0.270. The lowest BCUT2D eigenvalue weighted by atomic mass is 9.79. The average Bonchev–Trinajstić information content (AvgIpc) is 3.60. The molecule has 3 heterocycles. The van der Waals surface area contributed by atoms with E-state index in [1.54, 1.807) is 25.9 Å². The van der Waals surface area contributed by atoms with E-state index in [9.17, 15) is 24.3 Å². The van der Waals surface area contributed by atoms with Gasteiger partial charge in [0.15, 0.2) is 0 Å². The number of fused-ring (bicyclic) bond motifs is 2. The van der Waals surface area contributed by atoms with Crippen LogP contribution in [0.2, 0.25) is 0 Å². The van der Waals surface area contributed by atoms with Crippen LogP contribution in [0.4, 0.5) is 4.79 Å². The van der Waals surface area contributed by atoms with E-state index in [0.29, 0.717) is 24.3 Å². The van der Waals surface area contributed by atoms with Gasteiger partial charge >= 0.3 is 12.1 Å². The molecule has 7 atom stereocenters. The second-order valence-electron chi connectivity index (χ2n) is 10.9. The van der Waals surface area contributed by atoms with Gasteiger partial charge in [-0.2, -0.15) is 0 Å². The van der Waals surface area contributed by atoms with Crippen molar-refractivity contribution < 1.29 is 38.5 Å². The molecule has 3 aliphatic heterocycles. The summed E-state index contributed by atoms with van der Waals surface area (Å²) in [5.41, 5.74) is 2.17. The molecule has 2 amide bonds. The van der Waals surface area contributed by atoms with E-state index in [1.807, 2.05) is 31.2 Å². The van der Waals surface area contributed by atoms with Crippen LogP contribution in [-0.2, 0) is 35.0 Å². The Morgan fingerprint density at radius 2 is 1.98 bits per heavy atom. The summed E-state index contributed by atoms with van der Waals surface area (Å²) in [5.74, 6) is -2.00. The van der Waals surface area contributed by atoms with Gasteiger partial charge in [-0.05, 0) is 37.3 Å². The largest absolute Gasteiger partial charge is 0.511 e. The number of aliphatic hydroxyl groups is 1. The minimum atomic E-state index is -0.946. The molecule has 0 radical (unpaired) electrons. The maximum atomic E-state index is 13.3. The number of aryl methyl sites for hydroxylation is 1. The first-order valence-electron chi connectivity index (χ1n) is 13.5. The molecule has 216 valence electrons. The smallest absolute Gasteiger partial charge is 0.426 e. The molecule has 2 N–H and O–H groups in total. The monoisotopic (exact) mass is 573 g/mol. The number of hydrogen-bond donors (Lipinski definition) is 2. The van der Waals surface area contributed by atoms with Crippen molar-refractivity contribution in [1.29, 1.82) is 0 Å². The Balaban J connectivity index is 1.24. The number of rotatable bonds is 8. The predicted octanol–water partition coefficient (Wildman–Crippen LogP) is 1.95. The lowest BCUT2D eigenvalue weighted by Crippen LogP contribution is -2.63. The fourth-order valence-corrected chi connectivity index (χ4v) is 7.61. The summed E-state index contributed by atoms with van der Waals surface area (Å²) in [6.07, 6.45) is -0.210. The summed E-state index contributed by atoms with van der Waals surface area (Å²) in [6.45, 7) is 3.38. The summed E-state index contributed by atoms with van der Waals surface area (Å²) in [6, 6.07) is 7.02. The average molecular weight is 574 g/mol. The van der Waals surface area contributed by atoms with Crippen LogP contribution in [0.3, 0.4) is 0 Å². The van der Waals surface area contributed by atoms with Gasteiger partial charge in [0, 0.05) is 36.7 Å². The van der Waals surface area contributed by atoms with Crippen LogP contribution >= 0.6 is 11.8 Å². The maximum absolute atomic E-state index is 13.3.